The highest BCUT2D eigenvalue weighted by Gasteiger charge is 2.28. The summed E-state index contributed by atoms with van der Waals surface area (Å²) in [6.07, 6.45) is 3.72. The summed E-state index contributed by atoms with van der Waals surface area (Å²) in [4.78, 5) is 2.45. The van der Waals surface area contributed by atoms with E-state index in [1.165, 1.54) is 19.3 Å². The Kier molecular flexibility index (Phi) is 5.12. The molecule has 0 amide bonds. The largest absolute Gasteiger partial charge is 0.409 e. The van der Waals surface area contributed by atoms with Gasteiger partial charge in [-0.3, -0.25) is 4.90 Å². The monoisotopic (exact) mass is 309 g/mol. The van der Waals surface area contributed by atoms with Crippen LogP contribution < -0.4 is 5.73 Å². The third kappa shape index (κ3) is 3.89. The van der Waals surface area contributed by atoms with Gasteiger partial charge in [-0.05, 0) is 43.0 Å². The summed E-state index contributed by atoms with van der Waals surface area (Å²) in [7, 11) is 0. The Hall–Kier alpha value is -1.26. The normalized spacial score (nSPS) is 19.7. The van der Waals surface area contributed by atoms with Gasteiger partial charge in [0.1, 0.15) is 0 Å². The van der Waals surface area contributed by atoms with Crippen LogP contribution in [-0.2, 0) is 6.54 Å². The van der Waals surface area contributed by atoms with E-state index in [1.54, 1.807) is 6.07 Å². The fraction of sp³-hybridized carbons (Fsp3) is 0.562. The molecule has 1 aliphatic heterocycles. The number of nitrogens with two attached hydrogens (primary N) is 1. The number of hydrogen-bond acceptors (Lipinski definition) is 3. The van der Waals surface area contributed by atoms with Gasteiger partial charge in [-0.15, -0.1) is 0 Å². The number of halogens is 1. The topological polar surface area (TPSA) is 61.8 Å². The second kappa shape index (κ2) is 6.67. The summed E-state index contributed by atoms with van der Waals surface area (Å²) < 4.78 is 0. The molecule has 0 spiro atoms. The maximum Gasteiger partial charge on any atom is 0.170 e. The number of likely N-dealkylation sites (tertiary alicyclic amines) is 1. The number of piperidine rings is 1. The van der Waals surface area contributed by atoms with E-state index < -0.39 is 0 Å². The average molecular weight is 310 g/mol. The minimum Gasteiger partial charge on any atom is -0.409 e. The highest BCUT2D eigenvalue weighted by molar-refractivity contribution is 6.31. The first kappa shape index (κ1) is 16.1. The Morgan fingerprint density at radius 1 is 1.43 bits per heavy atom. The fourth-order valence-electron chi connectivity index (χ4n) is 2.74. The second-order valence-electron chi connectivity index (χ2n) is 6.23. The summed E-state index contributed by atoms with van der Waals surface area (Å²) in [6.45, 7) is 7.74. The third-order valence-corrected chi connectivity index (χ3v) is 5.12. The second-order valence-corrected chi connectivity index (χ2v) is 6.64. The number of nitrogens with zero attached hydrogens (tertiary/aromatic N) is 2. The molecule has 0 unspecified atom stereocenters. The maximum absolute atomic E-state index is 8.69. The van der Waals surface area contributed by atoms with Crippen molar-refractivity contribution in [3.05, 3.63) is 34.3 Å². The van der Waals surface area contributed by atoms with Crippen LogP contribution in [-0.4, -0.2) is 29.0 Å². The summed E-state index contributed by atoms with van der Waals surface area (Å²) in [5.74, 6) is 0.0835. The van der Waals surface area contributed by atoms with Crippen molar-refractivity contribution < 1.29 is 5.21 Å². The molecule has 2 rings (SSSR count). The van der Waals surface area contributed by atoms with Gasteiger partial charge in [0.05, 0.1) is 0 Å². The van der Waals surface area contributed by atoms with E-state index in [2.05, 4.69) is 23.9 Å². The predicted octanol–water partition coefficient (Wildman–Crippen LogP) is 3.45. The Bertz CT molecular complexity index is 522. The molecule has 0 aliphatic carbocycles. The third-order valence-electron chi connectivity index (χ3n) is 4.77. The van der Waals surface area contributed by atoms with Crippen LogP contribution in [0.1, 0.15) is 44.2 Å². The number of amidine groups is 1. The molecule has 0 saturated carbocycles. The minimum absolute atomic E-state index is 0.0835. The van der Waals surface area contributed by atoms with Crippen LogP contribution in [0.25, 0.3) is 0 Å². The van der Waals surface area contributed by atoms with E-state index in [9.17, 15) is 0 Å². The summed E-state index contributed by atoms with van der Waals surface area (Å²) in [6, 6.07) is 5.56. The zero-order chi connectivity index (χ0) is 15.5. The Morgan fingerprint density at radius 3 is 2.62 bits per heavy atom. The molecule has 21 heavy (non-hydrogen) atoms. The van der Waals surface area contributed by atoms with Gasteiger partial charge in [0.15, 0.2) is 5.84 Å². The van der Waals surface area contributed by atoms with Crippen LogP contribution in [0.2, 0.25) is 5.02 Å². The lowest BCUT2D eigenvalue weighted by Gasteiger charge is -2.39. The fourth-order valence-corrected chi connectivity index (χ4v) is 2.98. The average Bonchev–Trinajstić information content (AvgIpc) is 2.50. The lowest BCUT2D eigenvalue weighted by atomic mass is 9.78. The smallest absolute Gasteiger partial charge is 0.170 e. The van der Waals surface area contributed by atoms with Gasteiger partial charge in [0.25, 0.3) is 0 Å². The Balaban J connectivity index is 2.01. The standard InChI is InChI=1S/C16H24ClN3O/c1-3-16(2)6-8-20(9-7-16)11-13-5-4-12(10-14(13)17)15(18)19-21/h4-5,10,21H,3,6-9,11H2,1-2H3,(H2,18,19). The van der Waals surface area contributed by atoms with Crippen molar-refractivity contribution in [3.8, 4) is 0 Å². The first-order valence-electron chi connectivity index (χ1n) is 7.46. The molecule has 0 radical (unpaired) electrons. The molecule has 0 bridgehead atoms. The zero-order valence-electron chi connectivity index (χ0n) is 12.8. The van der Waals surface area contributed by atoms with Crippen molar-refractivity contribution in [1.29, 1.82) is 0 Å². The molecular formula is C16H24ClN3O. The quantitative estimate of drug-likeness (QED) is 0.387. The molecule has 0 atom stereocenters. The summed E-state index contributed by atoms with van der Waals surface area (Å²) >= 11 is 6.31. The van der Waals surface area contributed by atoms with E-state index in [0.717, 1.165) is 25.2 Å². The highest BCUT2D eigenvalue weighted by Crippen LogP contribution is 2.34. The summed E-state index contributed by atoms with van der Waals surface area (Å²) in [5, 5.41) is 12.4. The Morgan fingerprint density at radius 2 is 2.10 bits per heavy atom. The van der Waals surface area contributed by atoms with Crippen molar-refractivity contribution in [2.75, 3.05) is 13.1 Å². The molecule has 1 aromatic carbocycles. The molecule has 3 N–H and O–H groups in total. The molecule has 1 fully saturated rings. The number of hydrogen-bond donors (Lipinski definition) is 2. The van der Waals surface area contributed by atoms with Crippen LogP contribution in [0.3, 0.4) is 0 Å². The van der Waals surface area contributed by atoms with Gasteiger partial charge < -0.3 is 10.9 Å². The lowest BCUT2D eigenvalue weighted by Crippen LogP contribution is -2.37. The van der Waals surface area contributed by atoms with Crippen molar-refractivity contribution in [2.45, 2.75) is 39.7 Å². The predicted molar refractivity (Wildman–Crippen MR) is 86.9 cm³/mol. The van der Waals surface area contributed by atoms with Gasteiger partial charge in [0.2, 0.25) is 0 Å². The number of benzene rings is 1. The summed E-state index contributed by atoms with van der Waals surface area (Å²) in [5.41, 5.74) is 7.80. The van der Waals surface area contributed by atoms with Crippen molar-refractivity contribution in [1.82, 2.24) is 4.90 Å². The molecule has 116 valence electrons. The number of rotatable bonds is 4. The van der Waals surface area contributed by atoms with Crippen LogP contribution in [0.4, 0.5) is 0 Å². The Labute approximate surface area is 131 Å². The van der Waals surface area contributed by atoms with Crippen LogP contribution in [0.5, 0.6) is 0 Å². The van der Waals surface area contributed by atoms with E-state index in [1.807, 2.05) is 12.1 Å². The van der Waals surface area contributed by atoms with Gasteiger partial charge in [-0.25, -0.2) is 0 Å². The number of oxime groups is 1. The SMILES string of the molecule is CCC1(C)CCN(Cc2ccc(/C(N)=N/O)cc2Cl)CC1. The van der Waals surface area contributed by atoms with E-state index >= 15 is 0 Å². The van der Waals surface area contributed by atoms with Gasteiger partial charge in [-0.1, -0.05) is 49.2 Å². The lowest BCUT2D eigenvalue weighted by molar-refractivity contribution is 0.110. The molecule has 1 aromatic rings. The van der Waals surface area contributed by atoms with Gasteiger partial charge in [-0.2, -0.15) is 0 Å². The molecule has 4 nitrogen and oxygen atoms in total. The van der Waals surface area contributed by atoms with Gasteiger partial charge in [0, 0.05) is 17.1 Å². The zero-order valence-corrected chi connectivity index (χ0v) is 13.5. The first-order valence-corrected chi connectivity index (χ1v) is 7.84. The molecule has 1 saturated heterocycles. The molecule has 5 heteroatoms. The highest BCUT2D eigenvalue weighted by atomic mass is 35.5. The van der Waals surface area contributed by atoms with E-state index in [-0.39, 0.29) is 5.84 Å². The van der Waals surface area contributed by atoms with Gasteiger partial charge >= 0.3 is 0 Å². The molecular weight excluding hydrogens is 286 g/mol. The molecule has 1 aliphatic rings. The van der Waals surface area contributed by atoms with Crippen molar-refractivity contribution >= 4 is 17.4 Å². The van der Waals surface area contributed by atoms with Crippen LogP contribution in [0.15, 0.2) is 23.4 Å². The van der Waals surface area contributed by atoms with Crippen molar-refractivity contribution in [2.24, 2.45) is 16.3 Å². The van der Waals surface area contributed by atoms with E-state index in [0.29, 0.717) is 16.0 Å². The first-order chi connectivity index (χ1) is 9.97. The minimum atomic E-state index is 0.0835. The van der Waals surface area contributed by atoms with Crippen molar-refractivity contribution in [3.63, 3.8) is 0 Å². The molecule has 1 heterocycles. The van der Waals surface area contributed by atoms with E-state index in [4.69, 9.17) is 22.5 Å². The van der Waals surface area contributed by atoms with Crippen LogP contribution >= 0.6 is 11.6 Å². The molecule has 0 aromatic heterocycles. The van der Waals surface area contributed by atoms with Crippen LogP contribution in [0, 0.1) is 5.41 Å². The maximum atomic E-state index is 8.69.